The van der Waals surface area contributed by atoms with E-state index >= 15 is 0 Å². The van der Waals surface area contributed by atoms with Crippen LogP contribution in [-0.2, 0) is 0 Å². The molecule has 5 heteroatoms. The number of nitro groups is 1. The molecule has 0 aliphatic carbocycles. The summed E-state index contributed by atoms with van der Waals surface area (Å²) >= 11 is 0. The van der Waals surface area contributed by atoms with Crippen molar-refractivity contribution in [3.63, 3.8) is 0 Å². The van der Waals surface area contributed by atoms with Gasteiger partial charge in [-0.25, -0.2) is 4.98 Å². The van der Waals surface area contributed by atoms with Gasteiger partial charge in [-0.1, -0.05) is 27.7 Å². The van der Waals surface area contributed by atoms with Crippen LogP contribution >= 0.6 is 0 Å². The Bertz CT molecular complexity index is 438. The summed E-state index contributed by atoms with van der Waals surface area (Å²) in [6.45, 7) is 11.3. The molecule has 0 aliphatic heterocycles. The fourth-order valence-corrected chi connectivity index (χ4v) is 1.40. The maximum atomic E-state index is 10.7. The maximum absolute atomic E-state index is 10.7. The number of aromatic nitrogens is 1. The zero-order valence-electron chi connectivity index (χ0n) is 11.7. The number of hydrogen-bond donors (Lipinski definition) is 1. The van der Waals surface area contributed by atoms with Crippen LogP contribution in [0.4, 0.5) is 11.5 Å². The van der Waals surface area contributed by atoms with E-state index in [0.717, 1.165) is 6.54 Å². The van der Waals surface area contributed by atoms with Crippen LogP contribution in [0.5, 0.6) is 0 Å². The number of aryl methyl sites for hydroxylation is 1. The number of rotatable bonds is 4. The summed E-state index contributed by atoms with van der Waals surface area (Å²) in [5.41, 5.74) is 0.911. The highest BCUT2D eigenvalue weighted by Gasteiger charge is 2.20. The van der Waals surface area contributed by atoms with Crippen molar-refractivity contribution in [2.75, 3.05) is 11.9 Å². The van der Waals surface area contributed by atoms with E-state index in [1.165, 1.54) is 6.20 Å². The molecular weight excluding hydrogens is 230 g/mol. The number of hydrogen-bond acceptors (Lipinski definition) is 4. The smallest absolute Gasteiger partial charge is 0.290 e. The molecule has 1 heterocycles. The molecule has 0 bridgehead atoms. The molecule has 0 aromatic carbocycles. The van der Waals surface area contributed by atoms with Crippen molar-refractivity contribution < 1.29 is 4.92 Å². The molecule has 18 heavy (non-hydrogen) atoms. The molecule has 0 radical (unpaired) electrons. The molecule has 1 rings (SSSR count). The third-order valence-corrected chi connectivity index (χ3v) is 3.35. The van der Waals surface area contributed by atoms with Gasteiger partial charge in [0, 0.05) is 12.1 Å². The Labute approximate surface area is 108 Å². The predicted octanol–water partition coefficient (Wildman–Crippen LogP) is 3.39. The number of nitrogens with zero attached hydrogens (tertiary/aromatic N) is 2. The van der Waals surface area contributed by atoms with Gasteiger partial charge in [-0.2, -0.15) is 0 Å². The Morgan fingerprint density at radius 3 is 2.56 bits per heavy atom. The minimum Gasteiger partial charge on any atom is -0.370 e. The molecule has 0 saturated heterocycles. The fourth-order valence-electron chi connectivity index (χ4n) is 1.40. The molecule has 1 aromatic rings. The molecule has 0 aliphatic rings. The zero-order chi connectivity index (χ0) is 13.9. The highest BCUT2D eigenvalue weighted by molar-refractivity contribution is 5.46. The first-order valence-corrected chi connectivity index (χ1v) is 6.06. The van der Waals surface area contributed by atoms with Gasteiger partial charge in [0.05, 0.1) is 4.92 Å². The Morgan fingerprint density at radius 2 is 2.11 bits per heavy atom. The number of nitrogens with one attached hydrogen (secondary N) is 1. The standard InChI is InChI=1S/C13H21N3O2/c1-9-6-12(15-8-11(9)16(17)18)14-7-10(2)13(3,4)5/h6,8,10H,7H2,1-5H3,(H,14,15). The largest absolute Gasteiger partial charge is 0.370 e. The molecule has 0 saturated carbocycles. The minimum atomic E-state index is -0.413. The van der Waals surface area contributed by atoms with Crippen molar-refractivity contribution in [2.45, 2.75) is 34.6 Å². The van der Waals surface area contributed by atoms with E-state index in [1.54, 1.807) is 13.0 Å². The number of anilines is 1. The third-order valence-electron chi connectivity index (χ3n) is 3.35. The molecule has 1 N–H and O–H groups in total. The third kappa shape index (κ3) is 3.68. The Kier molecular flexibility index (Phi) is 4.27. The van der Waals surface area contributed by atoms with E-state index in [4.69, 9.17) is 0 Å². The summed E-state index contributed by atoms with van der Waals surface area (Å²) < 4.78 is 0. The minimum absolute atomic E-state index is 0.0596. The van der Waals surface area contributed by atoms with Crippen molar-refractivity contribution in [1.82, 2.24) is 4.98 Å². The zero-order valence-corrected chi connectivity index (χ0v) is 11.7. The van der Waals surface area contributed by atoms with Crippen LogP contribution < -0.4 is 5.32 Å². The van der Waals surface area contributed by atoms with Crippen molar-refractivity contribution >= 4 is 11.5 Å². The summed E-state index contributed by atoms with van der Waals surface area (Å²) in [5.74, 6) is 1.17. The maximum Gasteiger partial charge on any atom is 0.290 e. The van der Waals surface area contributed by atoms with Gasteiger partial charge in [-0.3, -0.25) is 10.1 Å². The van der Waals surface area contributed by atoms with E-state index < -0.39 is 4.92 Å². The first kappa shape index (κ1) is 14.4. The van der Waals surface area contributed by atoms with Crippen LogP contribution in [0.15, 0.2) is 12.3 Å². The van der Waals surface area contributed by atoms with Gasteiger partial charge < -0.3 is 5.32 Å². The summed E-state index contributed by atoms with van der Waals surface area (Å²) in [6, 6.07) is 1.72. The van der Waals surface area contributed by atoms with Gasteiger partial charge in [0.15, 0.2) is 0 Å². The van der Waals surface area contributed by atoms with Crippen molar-refractivity contribution in [1.29, 1.82) is 0 Å². The quantitative estimate of drug-likeness (QED) is 0.658. The molecule has 5 nitrogen and oxygen atoms in total. The molecule has 1 atom stereocenters. The summed E-state index contributed by atoms with van der Waals surface area (Å²) in [6.07, 6.45) is 1.30. The Hall–Kier alpha value is -1.65. The van der Waals surface area contributed by atoms with Crippen LogP contribution in [0.1, 0.15) is 33.3 Å². The monoisotopic (exact) mass is 251 g/mol. The van der Waals surface area contributed by atoms with Crippen molar-refractivity contribution in [3.05, 3.63) is 27.9 Å². The molecule has 0 amide bonds. The van der Waals surface area contributed by atoms with Gasteiger partial charge in [0.25, 0.3) is 5.69 Å². The fraction of sp³-hybridized carbons (Fsp3) is 0.615. The lowest BCUT2D eigenvalue weighted by Crippen LogP contribution is -2.25. The Morgan fingerprint density at radius 1 is 1.50 bits per heavy atom. The lowest BCUT2D eigenvalue weighted by atomic mass is 9.82. The van der Waals surface area contributed by atoms with Gasteiger partial charge in [-0.05, 0) is 24.3 Å². The molecular formula is C13H21N3O2. The molecule has 100 valence electrons. The highest BCUT2D eigenvalue weighted by Crippen LogP contribution is 2.26. The SMILES string of the molecule is Cc1cc(NCC(C)C(C)(C)C)ncc1[N+](=O)[O-]. The summed E-state index contributed by atoms with van der Waals surface area (Å²) in [7, 11) is 0. The predicted molar refractivity (Wildman–Crippen MR) is 72.7 cm³/mol. The highest BCUT2D eigenvalue weighted by atomic mass is 16.6. The van der Waals surface area contributed by atoms with Crippen LogP contribution in [0.25, 0.3) is 0 Å². The second-order valence-electron chi connectivity index (χ2n) is 5.76. The van der Waals surface area contributed by atoms with E-state index in [1.807, 2.05) is 0 Å². The van der Waals surface area contributed by atoms with E-state index in [9.17, 15) is 10.1 Å². The van der Waals surface area contributed by atoms with Crippen molar-refractivity contribution in [2.24, 2.45) is 11.3 Å². The van der Waals surface area contributed by atoms with Gasteiger partial charge >= 0.3 is 0 Å². The lowest BCUT2D eigenvalue weighted by Gasteiger charge is -2.27. The average molecular weight is 251 g/mol. The summed E-state index contributed by atoms with van der Waals surface area (Å²) in [4.78, 5) is 14.3. The van der Waals surface area contributed by atoms with E-state index in [-0.39, 0.29) is 11.1 Å². The number of pyridine rings is 1. The second-order valence-corrected chi connectivity index (χ2v) is 5.76. The molecule has 0 spiro atoms. The molecule has 1 aromatic heterocycles. The molecule has 1 unspecified atom stereocenters. The molecule has 0 fully saturated rings. The topological polar surface area (TPSA) is 68.1 Å². The Balaban J connectivity index is 2.70. The van der Waals surface area contributed by atoms with E-state index in [2.05, 4.69) is 38.0 Å². The van der Waals surface area contributed by atoms with Crippen molar-refractivity contribution in [3.8, 4) is 0 Å². The average Bonchev–Trinajstić information content (AvgIpc) is 2.24. The first-order valence-electron chi connectivity index (χ1n) is 6.06. The normalized spacial score (nSPS) is 13.2. The van der Waals surface area contributed by atoms with Crippen LogP contribution in [0.2, 0.25) is 0 Å². The first-order chi connectivity index (χ1) is 8.21. The van der Waals surface area contributed by atoms with Gasteiger partial charge in [0.2, 0.25) is 0 Å². The lowest BCUT2D eigenvalue weighted by molar-refractivity contribution is -0.385. The van der Waals surface area contributed by atoms with Gasteiger partial charge in [-0.15, -0.1) is 0 Å². The van der Waals surface area contributed by atoms with E-state index in [0.29, 0.717) is 17.3 Å². The van der Waals surface area contributed by atoms with Crippen LogP contribution in [-0.4, -0.2) is 16.5 Å². The second kappa shape index (κ2) is 5.33. The summed E-state index contributed by atoms with van der Waals surface area (Å²) in [5, 5.41) is 13.9. The van der Waals surface area contributed by atoms with Crippen LogP contribution in [0.3, 0.4) is 0 Å². The van der Waals surface area contributed by atoms with Gasteiger partial charge in [0.1, 0.15) is 12.0 Å². The van der Waals surface area contributed by atoms with Crippen LogP contribution in [0, 0.1) is 28.4 Å².